The molecule has 3 aromatic rings. The van der Waals surface area contributed by atoms with Crippen molar-refractivity contribution in [3.63, 3.8) is 0 Å². The van der Waals surface area contributed by atoms with E-state index >= 15 is 0 Å². The Labute approximate surface area is 147 Å². The van der Waals surface area contributed by atoms with Crippen LogP contribution < -0.4 is 14.8 Å². The topological polar surface area (TPSA) is 30.5 Å². The summed E-state index contributed by atoms with van der Waals surface area (Å²) in [6.45, 7) is 0.832. The minimum Gasteiger partial charge on any atom is -0.493 e. The predicted octanol–water partition coefficient (Wildman–Crippen LogP) is 5.03. The lowest BCUT2D eigenvalue weighted by atomic mass is 10.2. The van der Waals surface area contributed by atoms with Gasteiger partial charge in [0.15, 0.2) is 11.5 Å². The van der Waals surface area contributed by atoms with E-state index in [1.807, 2.05) is 48.5 Å². The van der Waals surface area contributed by atoms with Crippen LogP contribution in [0.5, 0.6) is 11.5 Å². The molecule has 3 aromatic carbocycles. The van der Waals surface area contributed by atoms with E-state index in [1.165, 1.54) is 6.07 Å². The number of nitrogens with one attached hydrogen (secondary N) is 1. The number of para-hydroxylation sites is 1. The third-order valence-electron chi connectivity index (χ3n) is 3.84. The normalized spacial score (nSPS) is 10.3. The minimum atomic E-state index is -0.273. The Morgan fingerprint density at radius 3 is 2.40 bits per heavy atom. The molecule has 0 amide bonds. The molecule has 4 heteroatoms. The van der Waals surface area contributed by atoms with Crippen molar-refractivity contribution >= 4 is 5.69 Å². The van der Waals surface area contributed by atoms with Crippen LogP contribution in [0.25, 0.3) is 0 Å². The average Bonchev–Trinajstić information content (AvgIpc) is 2.67. The standard InChI is InChI=1S/C21H20FNO2/c1-24-21-13-16(14-23-18-8-3-2-4-9-18)11-12-20(21)25-15-17-7-5-6-10-19(17)22/h2-13,23H,14-15H2,1H3. The molecule has 0 fully saturated rings. The molecule has 0 saturated carbocycles. The number of benzene rings is 3. The molecule has 0 atom stereocenters. The summed E-state index contributed by atoms with van der Waals surface area (Å²) < 4.78 is 24.8. The number of anilines is 1. The Kier molecular flexibility index (Phi) is 5.52. The van der Waals surface area contributed by atoms with Crippen molar-refractivity contribution in [2.24, 2.45) is 0 Å². The largest absolute Gasteiger partial charge is 0.493 e. The van der Waals surface area contributed by atoms with Crippen molar-refractivity contribution < 1.29 is 13.9 Å². The third kappa shape index (κ3) is 4.51. The van der Waals surface area contributed by atoms with Crippen LogP contribution in [0.3, 0.4) is 0 Å². The lowest BCUT2D eigenvalue weighted by Crippen LogP contribution is -2.02. The quantitative estimate of drug-likeness (QED) is 0.656. The Balaban J connectivity index is 1.66. The summed E-state index contributed by atoms with van der Waals surface area (Å²) in [5, 5.41) is 3.35. The molecule has 1 N–H and O–H groups in total. The van der Waals surface area contributed by atoms with Crippen LogP contribution in [0.1, 0.15) is 11.1 Å². The van der Waals surface area contributed by atoms with Crippen LogP contribution in [0.2, 0.25) is 0 Å². The van der Waals surface area contributed by atoms with Crippen LogP contribution in [-0.2, 0) is 13.2 Å². The van der Waals surface area contributed by atoms with Crippen LogP contribution in [0.4, 0.5) is 10.1 Å². The Morgan fingerprint density at radius 2 is 1.64 bits per heavy atom. The third-order valence-corrected chi connectivity index (χ3v) is 3.84. The summed E-state index contributed by atoms with van der Waals surface area (Å²) in [4.78, 5) is 0. The van der Waals surface area contributed by atoms with E-state index < -0.39 is 0 Å². The summed E-state index contributed by atoms with van der Waals surface area (Å²) in [5.41, 5.74) is 2.64. The maximum atomic E-state index is 13.7. The summed E-state index contributed by atoms with van der Waals surface area (Å²) in [6, 6.07) is 22.3. The zero-order valence-electron chi connectivity index (χ0n) is 14.0. The number of ether oxygens (including phenoxy) is 2. The monoisotopic (exact) mass is 337 g/mol. The van der Waals surface area contributed by atoms with E-state index in [4.69, 9.17) is 9.47 Å². The lowest BCUT2D eigenvalue weighted by molar-refractivity contribution is 0.279. The molecule has 0 aliphatic heterocycles. The van der Waals surface area contributed by atoms with Gasteiger partial charge in [0, 0.05) is 17.8 Å². The number of methoxy groups -OCH3 is 1. The molecule has 3 nitrogen and oxygen atoms in total. The summed E-state index contributed by atoms with van der Waals surface area (Å²) in [6.07, 6.45) is 0. The van der Waals surface area contributed by atoms with Gasteiger partial charge in [-0.3, -0.25) is 0 Å². The van der Waals surface area contributed by atoms with Crippen LogP contribution in [0.15, 0.2) is 72.8 Å². The highest BCUT2D eigenvalue weighted by Gasteiger charge is 2.08. The molecular weight excluding hydrogens is 317 g/mol. The summed E-state index contributed by atoms with van der Waals surface area (Å²) in [7, 11) is 1.60. The van der Waals surface area contributed by atoms with Gasteiger partial charge in [0.25, 0.3) is 0 Å². The van der Waals surface area contributed by atoms with Crippen molar-refractivity contribution in [1.82, 2.24) is 0 Å². The Bertz CT molecular complexity index is 821. The zero-order chi connectivity index (χ0) is 17.5. The van der Waals surface area contributed by atoms with Gasteiger partial charge in [-0.2, -0.15) is 0 Å². The second-order valence-corrected chi connectivity index (χ2v) is 5.58. The lowest BCUT2D eigenvalue weighted by Gasteiger charge is -2.13. The molecule has 0 unspecified atom stereocenters. The first-order valence-corrected chi connectivity index (χ1v) is 8.08. The van der Waals surface area contributed by atoms with E-state index in [1.54, 1.807) is 25.3 Å². The fourth-order valence-corrected chi connectivity index (χ4v) is 2.47. The first kappa shape index (κ1) is 16.8. The van der Waals surface area contributed by atoms with Gasteiger partial charge in [-0.1, -0.05) is 42.5 Å². The molecule has 128 valence electrons. The van der Waals surface area contributed by atoms with Crippen molar-refractivity contribution in [2.75, 3.05) is 12.4 Å². The van der Waals surface area contributed by atoms with Crippen molar-refractivity contribution in [3.05, 3.63) is 89.7 Å². The van der Waals surface area contributed by atoms with Gasteiger partial charge in [0.2, 0.25) is 0 Å². The zero-order valence-corrected chi connectivity index (χ0v) is 14.0. The van der Waals surface area contributed by atoms with Crippen molar-refractivity contribution in [3.8, 4) is 11.5 Å². The van der Waals surface area contributed by atoms with Crippen LogP contribution >= 0.6 is 0 Å². The molecule has 0 radical (unpaired) electrons. The summed E-state index contributed by atoms with van der Waals surface area (Å²) in [5.74, 6) is 0.947. The molecule has 0 aromatic heterocycles. The number of hydrogen-bond acceptors (Lipinski definition) is 3. The van der Waals surface area contributed by atoms with Crippen molar-refractivity contribution in [2.45, 2.75) is 13.2 Å². The Morgan fingerprint density at radius 1 is 0.880 bits per heavy atom. The van der Waals surface area contributed by atoms with Crippen LogP contribution in [0, 0.1) is 5.82 Å². The van der Waals surface area contributed by atoms with Gasteiger partial charge in [-0.05, 0) is 35.9 Å². The molecule has 3 rings (SSSR count). The minimum absolute atomic E-state index is 0.157. The molecule has 0 aliphatic rings. The highest BCUT2D eigenvalue weighted by atomic mass is 19.1. The van der Waals surface area contributed by atoms with Crippen LogP contribution in [-0.4, -0.2) is 7.11 Å². The van der Waals surface area contributed by atoms with Gasteiger partial charge < -0.3 is 14.8 Å². The first-order chi connectivity index (χ1) is 12.3. The molecule has 0 bridgehead atoms. The number of halogens is 1. The Hall–Kier alpha value is -3.01. The maximum absolute atomic E-state index is 13.7. The van der Waals surface area contributed by atoms with Gasteiger partial charge in [0.05, 0.1) is 7.11 Å². The highest BCUT2D eigenvalue weighted by Crippen LogP contribution is 2.29. The number of hydrogen-bond donors (Lipinski definition) is 1. The smallest absolute Gasteiger partial charge is 0.161 e. The van der Waals surface area contributed by atoms with Gasteiger partial charge >= 0.3 is 0 Å². The predicted molar refractivity (Wildman–Crippen MR) is 97.5 cm³/mol. The molecule has 0 aliphatic carbocycles. The van der Waals surface area contributed by atoms with E-state index in [9.17, 15) is 4.39 Å². The summed E-state index contributed by atoms with van der Waals surface area (Å²) >= 11 is 0. The number of rotatable bonds is 7. The first-order valence-electron chi connectivity index (χ1n) is 8.08. The van der Waals surface area contributed by atoms with Gasteiger partial charge in [-0.15, -0.1) is 0 Å². The van der Waals surface area contributed by atoms with Gasteiger partial charge in [-0.25, -0.2) is 4.39 Å². The van der Waals surface area contributed by atoms with E-state index in [0.717, 1.165) is 11.3 Å². The molecule has 0 saturated heterocycles. The van der Waals surface area contributed by atoms with Crippen molar-refractivity contribution in [1.29, 1.82) is 0 Å². The average molecular weight is 337 g/mol. The van der Waals surface area contributed by atoms with E-state index in [-0.39, 0.29) is 12.4 Å². The molecule has 25 heavy (non-hydrogen) atoms. The fourth-order valence-electron chi connectivity index (χ4n) is 2.47. The van der Waals surface area contributed by atoms with E-state index in [2.05, 4.69) is 5.32 Å². The van der Waals surface area contributed by atoms with E-state index in [0.29, 0.717) is 23.6 Å². The second kappa shape index (κ2) is 8.20. The SMILES string of the molecule is COc1cc(CNc2ccccc2)ccc1OCc1ccccc1F. The molecule has 0 heterocycles. The molecular formula is C21H20FNO2. The highest BCUT2D eigenvalue weighted by molar-refractivity contribution is 5.46. The second-order valence-electron chi connectivity index (χ2n) is 5.58. The fraction of sp³-hybridized carbons (Fsp3) is 0.143. The maximum Gasteiger partial charge on any atom is 0.161 e. The van der Waals surface area contributed by atoms with Gasteiger partial charge in [0.1, 0.15) is 12.4 Å². The molecule has 0 spiro atoms.